The van der Waals surface area contributed by atoms with Crippen LogP contribution in [-0.2, 0) is 4.79 Å². The lowest BCUT2D eigenvalue weighted by atomic mass is 10.2. The highest BCUT2D eigenvalue weighted by Crippen LogP contribution is 2.24. The van der Waals surface area contributed by atoms with Gasteiger partial charge in [-0.25, -0.2) is 0 Å². The van der Waals surface area contributed by atoms with Crippen molar-refractivity contribution >= 4 is 19.0 Å². The normalized spacial score (nSPS) is 15.4. The minimum Gasteiger partial charge on any atom is -0.628 e. The summed E-state index contributed by atoms with van der Waals surface area (Å²) in [5.41, 5.74) is -0.433. The van der Waals surface area contributed by atoms with Crippen molar-refractivity contribution in [1.82, 2.24) is 0 Å². The van der Waals surface area contributed by atoms with Crippen LogP contribution in [0.25, 0.3) is 0 Å². The van der Waals surface area contributed by atoms with E-state index in [4.69, 9.17) is 0 Å². The molecule has 0 heterocycles. The van der Waals surface area contributed by atoms with Crippen molar-refractivity contribution in [1.29, 1.82) is 0 Å². The standard InChI is InChI=1S/C11H20NO3P/c1-8(2)11(14)9(3)16(15)10(13)7-12(4,5)6/h9H,1,7H2,2-6H3/p+1. The number of aliphatic hydroxyl groups excluding tert-OH is 1. The predicted octanol–water partition coefficient (Wildman–Crippen LogP) is 0.486. The van der Waals surface area contributed by atoms with Crippen LogP contribution in [-0.4, -0.2) is 54.2 Å². The van der Waals surface area contributed by atoms with Crippen LogP contribution in [0.3, 0.4) is 0 Å². The smallest absolute Gasteiger partial charge is 0.274 e. The molecule has 1 N–H and O–H groups in total. The molecule has 0 fully saturated rings. The number of quaternary nitrogens is 1. The molecule has 92 valence electrons. The molecule has 5 heteroatoms. The van der Waals surface area contributed by atoms with Gasteiger partial charge in [-0.2, -0.15) is 0 Å². The lowest BCUT2D eigenvalue weighted by Crippen LogP contribution is -2.40. The number of ketones is 1. The Morgan fingerprint density at radius 3 is 2.25 bits per heavy atom. The first-order valence-electron chi connectivity index (χ1n) is 5.07. The molecule has 0 spiro atoms. The number of hydrogen-bond acceptors (Lipinski definition) is 2. The third-order valence-electron chi connectivity index (χ3n) is 2.02. The number of likely N-dealkylation sites (N-methyl/N-ethyl adjacent to an activating group) is 1. The zero-order valence-corrected chi connectivity index (χ0v) is 11.5. The van der Waals surface area contributed by atoms with E-state index in [-0.39, 0.29) is 17.8 Å². The predicted molar refractivity (Wildman–Crippen MR) is 66.0 cm³/mol. The summed E-state index contributed by atoms with van der Waals surface area (Å²) in [5, 5.41) is 9.69. The minimum atomic E-state index is -2.04. The van der Waals surface area contributed by atoms with Crippen molar-refractivity contribution in [2.24, 2.45) is 0 Å². The number of carbonyl (C=O) groups excluding carboxylic acids is 1. The zero-order valence-electron chi connectivity index (χ0n) is 10.6. The van der Waals surface area contributed by atoms with Crippen molar-refractivity contribution in [2.75, 3.05) is 27.7 Å². The first kappa shape index (κ1) is 15.5. The molecule has 4 nitrogen and oxygen atoms in total. The first-order valence-corrected chi connectivity index (χ1v) is 6.40. The van der Waals surface area contributed by atoms with Gasteiger partial charge in [-0.15, -0.1) is 0 Å². The molecule has 0 aromatic rings. The number of nitrogens with zero attached hydrogens (tertiary/aromatic N) is 1. The van der Waals surface area contributed by atoms with Crippen LogP contribution < -0.4 is 4.89 Å². The van der Waals surface area contributed by atoms with E-state index in [9.17, 15) is 14.8 Å². The lowest BCUT2D eigenvalue weighted by Gasteiger charge is -2.22. The van der Waals surface area contributed by atoms with Gasteiger partial charge < -0.3 is 14.5 Å². The summed E-state index contributed by atoms with van der Waals surface area (Å²) < 4.78 is 0.473. The maximum atomic E-state index is 11.9. The van der Waals surface area contributed by atoms with Gasteiger partial charge in [-0.1, -0.05) is 6.58 Å². The van der Waals surface area contributed by atoms with Crippen LogP contribution in [0, 0.1) is 0 Å². The molecule has 2 atom stereocenters. The van der Waals surface area contributed by atoms with Crippen molar-refractivity contribution in [3.63, 3.8) is 0 Å². The molecule has 0 aromatic carbocycles. The van der Waals surface area contributed by atoms with Crippen molar-refractivity contribution < 1.29 is 19.3 Å². The summed E-state index contributed by atoms with van der Waals surface area (Å²) in [6, 6.07) is 0. The monoisotopic (exact) mass is 246 g/mol. The molecule has 2 unspecified atom stereocenters. The number of hydrogen-bond donors (Lipinski definition) is 1. The van der Waals surface area contributed by atoms with Gasteiger partial charge in [0.1, 0.15) is 0 Å². The van der Waals surface area contributed by atoms with E-state index in [0.717, 1.165) is 0 Å². The summed E-state index contributed by atoms with van der Waals surface area (Å²) in [6.07, 6.45) is 0. The fraction of sp³-hybridized carbons (Fsp3) is 0.636. The molecule has 0 saturated carbocycles. The molecule has 0 amide bonds. The zero-order chi connectivity index (χ0) is 13.1. The molecule has 0 saturated heterocycles. The summed E-state index contributed by atoms with van der Waals surface area (Å²) in [4.78, 5) is 23.4. The van der Waals surface area contributed by atoms with Crippen LogP contribution >= 0.6 is 7.77 Å². The molecule has 0 aliphatic rings. The van der Waals surface area contributed by atoms with Gasteiger partial charge in [0.15, 0.2) is 12.2 Å². The van der Waals surface area contributed by atoms with Gasteiger partial charge >= 0.3 is 0 Å². The average molecular weight is 246 g/mol. The van der Waals surface area contributed by atoms with E-state index in [1.807, 2.05) is 21.1 Å². The van der Waals surface area contributed by atoms with Crippen LogP contribution in [0.2, 0.25) is 0 Å². The van der Waals surface area contributed by atoms with Crippen molar-refractivity contribution in [3.05, 3.63) is 12.2 Å². The Bertz CT molecular complexity index is 329. The molecule has 0 aliphatic heterocycles. The molecular formula is C11H21NO3P+. The van der Waals surface area contributed by atoms with Crippen LogP contribution in [0.15, 0.2) is 12.2 Å². The topological polar surface area (TPSA) is 60.4 Å². The second-order valence-electron chi connectivity index (χ2n) is 5.01. The second-order valence-corrected chi connectivity index (χ2v) is 6.95. The second kappa shape index (κ2) is 5.69. The Morgan fingerprint density at radius 2 is 1.94 bits per heavy atom. The van der Waals surface area contributed by atoms with Gasteiger partial charge in [-0.05, 0) is 19.4 Å². The van der Waals surface area contributed by atoms with Gasteiger partial charge in [-0.3, -0.25) is 4.79 Å². The minimum absolute atomic E-state index is 0.107. The molecule has 0 radical (unpaired) electrons. The molecule has 0 aromatic heterocycles. The van der Waals surface area contributed by atoms with E-state index in [1.165, 1.54) is 0 Å². The number of rotatable bonds is 5. The van der Waals surface area contributed by atoms with Crippen LogP contribution in [0.1, 0.15) is 13.8 Å². The lowest BCUT2D eigenvalue weighted by molar-refractivity contribution is -0.861. The largest absolute Gasteiger partial charge is 0.628 e. The summed E-state index contributed by atoms with van der Waals surface area (Å²) in [5.74, 6) is -0.255. The van der Waals surface area contributed by atoms with E-state index in [1.54, 1.807) is 13.8 Å². The Balaban J connectivity index is 4.89. The van der Waals surface area contributed by atoms with Crippen LogP contribution in [0.4, 0.5) is 0 Å². The third-order valence-corrected chi connectivity index (χ3v) is 3.61. The molecular weight excluding hydrogens is 225 g/mol. The molecule has 0 rings (SSSR count). The molecule has 0 aliphatic carbocycles. The van der Waals surface area contributed by atoms with Crippen molar-refractivity contribution in [3.8, 4) is 0 Å². The van der Waals surface area contributed by atoms with E-state index < -0.39 is 13.4 Å². The van der Waals surface area contributed by atoms with Crippen molar-refractivity contribution in [2.45, 2.75) is 19.5 Å². The number of carbonyl (C=O) groups is 1. The highest BCUT2D eigenvalue weighted by Gasteiger charge is 2.27. The third kappa shape index (κ3) is 4.99. The molecule has 16 heavy (non-hydrogen) atoms. The first-order chi connectivity index (χ1) is 7.06. The van der Waals surface area contributed by atoms with Crippen LogP contribution in [0.5, 0.6) is 0 Å². The van der Waals surface area contributed by atoms with Gasteiger partial charge in [0.2, 0.25) is 5.78 Å². The Morgan fingerprint density at radius 1 is 1.50 bits per heavy atom. The SMILES string of the molecule is C=C(C)C(=O)C(C)/[P+]([O-])=C(\O)C[N+](C)(C)C. The summed E-state index contributed by atoms with van der Waals surface area (Å²) >= 11 is 0. The molecule has 0 bridgehead atoms. The maximum Gasteiger partial charge on any atom is 0.274 e. The summed E-state index contributed by atoms with van der Waals surface area (Å²) in [7, 11) is 3.60. The number of Topliss-reactive ketones (excluding diaryl/α,β-unsaturated/α-hetero) is 1. The van der Waals surface area contributed by atoms with E-state index >= 15 is 0 Å². The van der Waals surface area contributed by atoms with Gasteiger partial charge in [0.25, 0.3) is 5.48 Å². The van der Waals surface area contributed by atoms with E-state index in [0.29, 0.717) is 10.1 Å². The highest BCUT2D eigenvalue weighted by molar-refractivity contribution is 7.53. The van der Waals surface area contributed by atoms with E-state index in [2.05, 4.69) is 6.58 Å². The highest BCUT2D eigenvalue weighted by atomic mass is 31.1. The Labute approximate surface area is 98.3 Å². The fourth-order valence-electron chi connectivity index (χ4n) is 1.18. The Hall–Kier alpha value is -0.540. The maximum absolute atomic E-state index is 11.9. The fourth-order valence-corrected chi connectivity index (χ4v) is 2.62. The summed E-state index contributed by atoms with van der Waals surface area (Å²) in [6.45, 7) is 6.94. The van der Waals surface area contributed by atoms with Gasteiger partial charge in [0.05, 0.1) is 28.9 Å². The van der Waals surface area contributed by atoms with Gasteiger partial charge in [0, 0.05) is 0 Å². The number of aliphatic hydroxyl groups is 1. The quantitative estimate of drug-likeness (QED) is 0.436. The number of allylic oxidation sites excluding steroid dienone is 1. The average Bonchev–Trinajstić information content (AvgIpc) is 2.11. The Kier molecular flexibility index (Phi) is 5.50.